The average molecular weight is 794 g/mol. The molecular formula is C39H47N13O6. The molecule has 0 bridgehead atoms. The topological polar surface area (TPSA) is 229 Å². The largest absolute Gasteiger partial charge is 0.494 e. The molecule has 7 rings (SSSR count). The number of methoxy groups -OCH3 is 1. The fourth-order valence-corrected chi connectivity index (χ4v) is 6.70. The summed E-state index contributed by atoms with van der Waals surface area (Å²) >= 11 is 0. The highest BCUT2D eigenvalue weighted by Gasteiger charge is 2.24. The first-order chi connectivity index (χ1) is 27.7. The number of nitrogens with zero attached hydrogens (tertiary/aromatic N) is 10. The molecule has 0 radical (unpaired) electrons. The van der Waals surface area contributed by atoms with Crippen LogP contribution >= 0.6 is 0 Å². The van der Waals surface area contributed by atoms with E-state index < -0.39 is 11.8 Å². The van der Waals surface area contributed by atoms with Crippen LogP contribution in [0.1, 0.15) is 66.4 Å². The number of primary amides is 2. The number of nitrogens with one attached hydrogen (secondary N) is 1. The quantitative estimate of drug-likeness (QED) is 0.156. The predicted molar refractivity (Wildman–Crippen MR) is 217 cm³/mol. The van der Waals surface area contributed by atoms with Gasteiger partial charge >= 0.3 is 0 Å². The van der Waals surface area contributed by atoms with Crippen molar-refractivity contribution >= 4 is 58.0 Å². The lowest BCUT2D eigenvalue weighted by Crippen LogP contribution is -2.39. The number of hydrogen-bond donors (Lipinski definition) is 3. The van der Waals surface area contributed by atoms with Gasteiger partial charge in [0.05, 0.1) is 36.1 Å². The molecule has 304 valence electrons. The molecule has 58 heavy (non-hydrogen) atoms. The maximum atomic E-state index is 13.5. The molecule has 1 aliphatic heterocycles. The van der Waals surface area contributed by atoms with E-state index in [9.17, 15) is 19.2 Å². The summed E-state index contributed by atoms with van der Waals surface area (Å²) in [5.74, 6) is 0.174. The van der Waals surface area contributed by atoms with Crippen LogP contribution in [-0.2, 0) is 26.7 Å². The van der Waals surface area contributed by atoms with Gasteiger partial charge in [-0.15, -0.1) is 0 Å². The number of allylic oxidation sites excluding steroid dienone is 2. The van der Waals surface area contributed by atoms with Crippen molar-refractivity contribution in [2.45, 2.75) is 46.8 Å². The van der Waals surface area contributed by atoms with Gasteiger partial charge < -0.3 is 30.1 Å². The molecule has 0 spiro atoms. The first-order valence-electron chi connectivity index (χ1n) is 18.5. The second-order valence-corrected chi connectivity index (χ2v) is 13.7. The van der Waals surface area contributed by atoms with Crippen LogP contribution in [-0.4, -0.2) is 102 Å². The van der Waals surface area contributed by atoms with Crippen LogP contribution in [0.2, 0.25) is 0 Å². The molecule has 5 heterocycles. The predicted octanol–water partition coefficient (Wildman–Crippen LogP) is 3.23. The molecule has 0 fully saturated rings. The van der Waals surface area contributed by atoms with Crippen LogP contribution in [0.15, 0.2) is 48.6 Å². The SMILES string of the molecule is CCn1nc(C)cc1C(=O)Nc1nc2cc(C(N)=O)cc3c2n1C/C=C/Cn1c(nc2cc(C(N)=O)cc(OC)c21)N(C)N(C)CCCO3.Cc1cc(C=O)n(C)n1. The maximum absolute atomic E-state index is 13.5. The molecule has 0 atom stereocenters. The molecule has 19 nitrogen and oxygen atoms in total. The standard InChI is InChI=1S/C33H39N11O5.C6H8N2O/c1-6-44-24(14-19(2)39-44)31(47)38-32-36-22-15-21(30(35)46)18-26-28(22)42(32)11-7-8-12-43-27-23(16-20(29(34)45)17-25(27)48-5)37-33(43)41(4)40(3)10-9-13-49-26;1-5-3-6(4-9)8(2)7-5/h7-8,14-18H,6,9-13H2,1-5H3,(H2,34,45)(H2,35,46)(H,36,38,47);3-4H,1-2H3/b8-7+;. The van der Waals surface area contributed by atoms with Gasteiger partial charge in [0.2, 0.25) is 23.7 Å². The van der Waals surface area contributed by atoms with Gasteiger partial charge in [0.15, 0.2) is 6.29 Å². The number of nitrogens with two attached hydrogens (primary N) is 2. The van der Waals surface area contributed by atoms with E-state index in [-0.39, 0.29) is 24.0 Å². The molecule has 1 aliphatic rings. The summed E-state index contributed by atoms with van der Waals surface area (Å²) in [6.07, 6.45) is 5.30. The number of carbonyl (C=O) groups is 4. The highest BCUT2D eigenvalue weighted by atomic mass is 16.5. The van der Waals surface area contributed by atoms with Crippen molar-refractivity contribution in [3.05, 3.63) is 82.5 Å². The lowest BCUT2D eigenvalue weighted by Gasteiger charge is -2.29. The molecule has 0 aliphatic carbocycles. The Bertz CT molecular complexity index is 2560. The average Bonchev–Trinajstić information content (AvgIpc) is 3.95. The zero-order chi connectivity index (χ0) is 41.8. The molecule has 19 heteroatoms. The Labute approximate surface area is 333 Å². The Kier molecular flexibility index (Phi) is 11.9. The summed E-state index contributed by atoms with van der Waals surface area (Å²) in [7, 11) is 7.12. The third kappa shape index (κ3) is 8.24. The number of benzene rings is 2. The van der Waals surface area contributed by atoms with Crippen molar-refractivity contribution in [3.8, 4) is 11.5 Å². The second-order valence-electron chi connectivity index (χ2n) is 13.7. The fraction of sp³-hybridized carbons (Fsp3) is 0.333. The van der Waals surface area contributed by atoms with Gasteiger partial charge in [-0.2, -0.15) is 10.2 Å². The van der Waals surface area contributed by atoms with Crippen molar-refractivity contribution in [2.75, 3.05) is 44.7 Å². The van der Waals surface area contributed by atoms with E-state index in [1.165, 1.54) is 7.11 Å². The van der Waals surface area contributed by atoms with Gasteiger partial charge in [0, 0.05) is 58.4 Å². The number of amides is 3. The summed E-state index contributed by atoms with van der Waals surface area (Å²) < 4.78 is 19.0. The van der Waals surface area contributed by atoms with Crippen LogP contribution in [0, 0.1) is 13.8 Å². The first-order valence-corrected chi connectivity index (χ1v) is 18.5. The summed E-state index contributed by atoms with van der Waals surface area (Å²) in [6, 6.07) is 9.93. The Hall–Kier alpha value is -7.02. The third-order valence-corrected chi connectivity index (χ3v) is 9.63. The van der Waals surface area contributed by atoms with Gasteiger partial charge in [-0.3, -0.25) is 38.9 Å². The number of aldehydes is 1. The number of hydrazine groups is 1. The van der Waals surface area contributed by atoms with Crippen LogP contribution in [0.5, 0.6) is 11.5 Å². The zero-order valence-corrected chi connectivity index (χ0v) is 33.5. The van der Waals surface area contributed by atoms with Crippen molar-refractivity contribution in [1.29, 1.82) is 0 Å². The van der Waals surface area contributed by atoms with Crippen molar-refractivity contribution < 1.29 is 28.7 Å². The van der Waals surface area contributed by atoms with Crippen molar-refractivity contribution in [1.82, 2.24) is 43.7 Å². The number of ether oxygens (including phenoxy) is 2. The number of rotatable bonds is 7. The lowest BCUT2D eigenvalue weighted by molar-refractivity contribution is 0.0991. The number of anilines is 2. The van der Waals surface area contributed by atoms with Gasteiger partial charge in [-0.25, -0.2) is 15.0 Å². The van der Waals surface area contributed by atoms with E-state index in [0.717, 1.165) is 12.0 Å². The van der Waals surface area contributed by atoms with E-state index in [1.807, 2.05) is 66.2 Å². The minimum Gasteiger partial charge on any atom is -0.494 e. The Morgan fingerprint density at radius 1 is 0.879 bits per heavy atom. The molecule has 0 saturated heterocycles. The van der Waals surface area contributed by atoms with Crippen molar-refractivity contribution in [2.24, 2.45) is 18.5 Å². The number of carbonyl (C=O) groups excluding carboxylic acids is 4. The summed E-state index contributed by atoms with van der Waals surface area (Å²) in [6.45, 7) is 7.66. The van der Waals surface area contributed by atoms with E-state index in [4.69, 9.17) is 30.9 Å². The molecule has 5 N–H and O–H groups in total. The minimum absolute atomic E-state index is 0.237. The summed E-state index contributed by atoms with van der Waals surface area (Å²) in [5.41, 5.74) is 16.7. The van der Waals surface area contributed by atoms with Gasteiger partial charge in [0.25, 0.3) is 5.91 Å². The lowest BCUT2D eigenvalue weighted by atomic mass is 10.1. The molecule has 2 aromatic carbocycles. The molecule has 0 unspecified atom stereocenters. The number of fused-ring (bicyclic) bond motifs is 3. The van der Waals surface area contributed by atoms with Crippen LogP contribution in [0.3, 0.4) is 0 Å². The summed E-state index contributed by atoms with van der Waals surface area (Å²) in [5, 5.41) is 15.2. The minimum atomic E-state index is -0.624. The zero-order valence-electron chi connectivity index (χ0n) is 33.5. The van der Waals surface area contributed by atoms with Crippen LogP contribution < -0.4 is 31.3 Å². The normalized spacial score (nSPS) is 14.1. The highest BCUT2D eigenvalue weighted by Crippen LogP contribution is 2.34. The molecular weight excluding hydrogens is 747 g/mol. The number of aromatic nitrogens is 8. The first kappa shape index (κ1) is 40.6. The van der Waals surface area contributed by atoms with Crippen molar-refractivity contribution in [3.63, 3.8) is 0 Å². The fourth-order valence-electron chi connectivity index (χ4n) is 6.70. The summed E-state index contributed by atoms with van der Waals surface area (Å²) in [4.78, 5) is 57.7. The van der Waals surface area contributed by atoms with Gasteiger partial charge in [0.1, 0.15) is 33.9 Å². The molecule has 3 amide bonds. The Balaban J connectivity index is 0.000000557. The molecule has 6 aromatic rings. The van der Waals surface area contributed by atoms with E-state index in [0.29, 0.717) is 94.8 Å². The number of imidazole rings is 2. The smallest absolute Gasteiger partial charge is 0.276 e. The molecule has 4 aromatic heterocycles. The number of hydrogen-bond acceptors (Lipinski definition) is 12. The van der Waals surface area contributed by atoms with Gasteiger partial charge in [-0.1, -0.05) is 12.2 Å². The van der Waals surface area contributed by atoms with E-state index >= 15 is 0 Å². The maximum Gasteiger partial charge on any atom is 0.276 e. The Morgan fingerprint density at radius 2 is 1.53 bits per heavy atom. The van der Waals surface area contributed by atoms with Crippen LogP contribution in [0.4, 0.5) is 11.9 Å². The monoisotopic (exact) mass is 793 g/mol. The van der Waals surface area contributed by atoms with E-state index in [1.54, 1.807) is 52.8 Å². The highest BCUT2D eigenvalue weighted by molar-refractivity contribution is 6.04. The number of aryl methyl sites for hydroxylation is 4. The molecule has 0 saturated carbocycles. The van der Waals surface area contributed by atoms with Crippen LogP contribution in [0.25, 0.3) is 22.1 Å². The van der Waals surface area contributed by atoms with Gasteiger partial charge in [-0.05, 0) is 63.6 Å². The second kappa shape index (κ2) is 17.0. The third-order valence-electron chi connectivity index (χ3n) is 9.63. The van der Waals surface area contributed by atoms with E-state index in [2.05, 4.69) is 15.5 Å². The Morgan fingerprint density at radius 3 is 2.14 bits per heavy atom.